The van der Waals surface area contributed by atoms with E-state index in [9.17, 15) is 0 Å². The van der Waals surface area contributed by atoms with E-state index in [1.807, 2.05) is 73.8 Å². The number of fused-ring (bicyclic) bond motifs is 2. The molecule has 1 atom stereocenters. The Morgan fingerprint density at radius 2 is 1.41 bits per heavy atom. The van der Waals surface area contributed by atoms with Crippen molar-refractivity contribution >= 4 is 75.1 Å². The zero-order valence-corrected chi connectivity index (χ0v) is 35.0. The molecule has 0 amide bonds. The lowest BCUT2D eigenvalue weighted by Gasteiger charge is -2.34. The fraction of sp³-hybridized carbons (Fsp3) is 0.239. The maximum absolute atomic E-state index is 6.46. The summed E-state index contributed by atoms with van der Waals surface area (Å²) in [5.41, 5.74) is 11.2. The number of morpholine rings is 2. The number of rotatable bonds is 13. The smallest absolute Gasteiger partial charge is 0.250 e. The largest absolute Gasteiger partial charge is 0.378 e. The van der Waals surface area contributed by atoms with Gasteiger partial charge in [-0.05, 0) is 61.4 Å². The summed E-state index contributed by atoms with van der Waals surface area (Å²) in [7, 11) is 0. The number of anilines is 8. The Morgan fingerprint density at radius 3 is 2.25 bits per heavy atom. The summed E-state index contributed by atoms with van der Waals surface area (Å²) in [5, 5.41) is 17.0. The summed E-state index contributed by atoms with van der Waals surface area (Å²) in [6.45, 7) is 8.77. The summed E-state index contributed by atoms with van der Waals surface area (Å²) in [6, 6.07) is 32.7. The highest BCUT2D eigenvalue weighted by Crippen LogP contribution is 2.29. The monoisotopic (exact) mass is 841 g/mol. The normalized spacial score (nSPS) is 15.6. The highest BCUT2D eigenvalue weighted by molar-refractivity contribution is 5.99. The van der Waals surface area contributed by atoms with E-state index in [0.717, 1.165) is 49.9 Å². The number of para-hydroxylation sites is 2. The molecule has 2 aliphatic heterocycles. The minimum Gasteiger partial charge on any atom is -0.378 e. The Balaban J connectivity index is 0.901. The van der Waals surface area contributed by atoms with Crippen LogP contribution < -0.4 is 31.2 Å². The first-order valence-electron chi connectivity index (χ1n) is 21.0. The number of aryl methyl sites for hydroxylation is 2. The van der Waals surface area contributed by atoms with Crippen molar-refractivity contribution in [1.82, 2.24) is 39.5 Å². The molecule has 2 fully saturated rings. The third kappa shape index (κ3) is 9.05. The molecule has 5 N–H and O–H groups in total. The molecule has 2 aliphatic rings. The molecule has 6 heterocycles. The number of H-pyrrole nitrogens is 1. The summed E-state index contributed by atoms with van der Waals surface area (Å²) in [4.78, 5) is 36.4. The second-order valence-corrected chi connectivity index (χ2v) is 15.5. The molecular formula is C46H47N15O2. The molecular weight excluding hydrogens is 795 g/mol. The van der Waals surface area contributed by atoms with Crippen LogP contribution in [-0.2, 0) is 16.0 Å². The van der Waals surface area contributed by atoms with Gasteiger partial charge in [-0.3, -0.25) is 0 Å². The molecule has 0 bridgehead atoms. The third-order valence-electron chi connectivity index (χ3n) is 11.0. The number of nitrogens with zero attached hydrogens (tertiary/aromatic N) is 10. The van der Waals surface area contributed by atoms with Gasteiger partial charge >= 0.3 is 0 Å². The zero-order valence-electron chi connectivity index (χ0n) is 35.0. The van der Waals surface area contributed by atoms with Crippen LogP contribution in [-0.4, -0.2) is 91.7 Å². The van der Waals surface area contributed by atoms with Crippen molar-refractivity contribution in [3.63, 3.8) is 0 Å². The first kappa shape index (κ1) is 39.5. The summed E-state index contributed by atoms with van der Waals surface area (Å²) < 4.78 is 14.2. The summed E-state index contributed by atoms with van der Waals surface area (Å²) in [5.74, 6) is 2.73. The predicted octanol–water partition coefficient (Wildman–Crippen LogP) is 7.53. The molecule has 2 saturated heterocycles. The number of hydrogen-bond donors (Lipinski definition) is 5. The van der Waals surface area contributed by atoms with Crippen LogP contribution in [0.5, 0.6) is 0 Å². The van der Waals surface area contributed by atoms with Crippen molar-refractivity contribution < 1.29 is 9.47 Å². The highest BCUT2D eigenvalue weighted by atomic mass is 16.5. The molecule has 318 valence electrons. The van der Waals surface area contributed by atoms with Crippen molar-refractivity contribution in [3.8, 4) is 0 Å². The molecule has 1 unspecified atom stereocenters. The van der Waals surface area contributed by atoms with Crippen LogP contribution in [0.4, 0.5) is 47.1 Å². The van der Waals surface area contributed by atoms with Gasteiger partial charge in [0.2, 0.25) is 35.7 Å². The lowest BCUT2D eigenvalue weighted by atomic mass is 10.2. The van der Waals surface area contributed by atoms with Crippen LogP contribution in [0.2, 0.25) is 0 Å². The van der Waals surface area contributed by atoms with Gasteiger partial charge in [0.15, 0.2) is 6.23 Å². The zero-order chi connectivity index (χ0) is 42.5. The number of hydrogen-bond acceptors (Lipinski definition) is 15. The molecule has 17 nitrogen and oxygen atoms in total. The van der Waals surface area contributed by atoms with Gasteiger partial charge in [-0.15, -0.1) is 0 Å². The number of benzene rings is 4. The van der Waals surface area contributed by atoms with E-state index in [2.05, 4.69) is 100 Å². The lowest BCUT2D eigenvalue weighted by Crippen LogP contribution is -2.41. The quantitative estimate of drug-likeness (QED) is 0.0567. The topological polar surface area (TPSA) is 183 Å². The van der Waals surface area contributed by atoms with Gasteiger partial charge in [0.05, 0.1) is 38.1 Å². The Kier molecular flexibility index (Phi) is 11.1. The molecule has 0 aliphatic carbocycles. The van der Waals surface area contributed by atoms with Crippen molar-refractivity contribution in [2.24, 2.45) is 5.10 Å². The number of aromatic nitrogens is 8. The molecule has 0 radical (unpaired) electrons. The van der Waals surface area contributed by atoms with Gasteiger partial charge in [0.25, 0.3) is 0 Å². The summed E-state index contributed by atoms with van der Waals surface area (Å²) >= 11 is 0. The average molecular weight is 842 g/mol. The Morgan fingerprint density at radius 1 is 0.698 bits per heavy atom. The first-order chi connectivity index (χ1) is 31.0. The van der Waals surface area contributed by atoms with Gasteiger partial charge in [-0.2, -0.15) is 35.0 Å². The minimum absolute atomic E-state index is 0.316. The molecule has 0 spiro atoms. The van der Waals surface area contributed by atoms with Crippen LogP contribution in [0.25, 0.3) is 21.8 Å². The number of hydrazone groups is 1. The highest BCUT2D eigenvalue weighted by Gasteiger charge is 2.27. The van der Waals surface area contributed by atoms with Crippen LogP contribution in [0.15, 0.2) is 115 Å². The Bertz CT molecular complexity index is 2890. The second kappa shape index (κ2) is 17.8. The van der Waals surface area contributed by atoms with Crippen molar-refractivity contribution in [2.45, 2.75) is 26.6 Å². The van der Waals surface area contributed by atoms with Gasteiger partial charge in [0, 0.05) is 71.8 Å². The standard InChI is InChI=1S/C46H47N15O2/c1-30-14-16-34(17-15-30)50-42-52-41(48-26-32-25-47-38-12-5-3-10-36(32)38)54-46(56-42)60-20-23-63-40(29-60)61-28-33(37-11-4-6-13-39(37)61)27-49-58-44-53-43(51-35-9-7-8-31(2)24-35)55-45(57-44)59-18-21-62-22-19-59/h3-17,24-25,27-28,40,47H,18-23,26,29H2,1-2H3,(H2,48,50,52,54,56)(H2,51,53,55,57,58)/b49-27+. The predicted molar refractivity (Wildman–Crippen MR) is 248 cm³/mol. The molecule has 63 heavy (non-hydrogen) atoms. The maximum atomic E-state index is 6.46. The Hall–Kier alpha value is -7.63. The Labute approximate surface area is 363 Å². The lowest BCUT2D eigenvalue weighted by molar-refractivity contribution is -0.00607. The minimum atomic E-state index is -0.346. The number of aromatic amines is 1. The van der Waals surface area contributed by atoms with Crippen molar-refractivity contribution in [2.75, 3.05) is 77.2 Å². The van der Waals surface area contributed by atoms with E-state index in [4.69, 9.17) is 34.4 Å². The van der Waals surface area contributed by atoms with Crippen molar-refractivity contribution in [3.05, 3.63) is 132 Å². The molecule has 8 aromatic rings. The maximum Gasteiger partial charge on any atom is 0.250 e. The van der Waals surface area contributed by atoms with Crippen LogP contribution >= 0.6 is 0 Å². The van der Waals surface area contributed by atoms with E-state index in [1.54, 1.807) is 6.21 Å². The van der Waals surface area contributed by atoms with E-state index >= 15 is 0 Å². The second-order valence-electron chi connectivity index (χ2n) is 15.5. The van der Waals surface area contributed by atoms with Crippen molar-refractivity contribution in [1.29, 1.82) is 0 Å². The van der Waals surface area contributed by atoms with Gasteiger partial charge < -0.3 is 44.8 Å². The fourth-order valence-electron chi connectivity index (χ4n) is 7.80. The molecule has 17 heteroatoms. The van der Waals surface area contributed by atoms with E-state index in [1.165, 1.54) is 5.56 Å². The van der Waals surface area contributed by atoms with Gasteiger partial charge in [0.1, 0.15) is 0 Å². The van der Waals surface area contributed by atoms with Crippen LogP contribution in [0.3, 0.4) is 0 Å². The SMILES string of the molecule is Cc1ccc(Nc2nc(NCc3c[nH]c4ccccc34)nc(N3CCOC(n4cc(/C=N/Nc5nc(Nc6cccc(C)c6)nc(N6CCOCC6)n5)c5ccccc54)C3)n2)cc1. The molecule has 4 aromatic carbocycles. The average Bonchev–Trinajstić information content (AvgIpc) is 3.91. The van der Waals surface area contributed by atoms with E-state index < -0.39 is 0 Å². The molecule has 4 aromatic heterocycles. The van der Waals surface area contributed by atoms with Crippen LogP contribution in [0.1, 0.15) is 28.5 Å². The summed E-state index contributed by atoms with van der Waals surface area (Å²) in [6.07, 6.45) is 5.52. The molecule has 10 rings (SSSR count). The fourth-order valence-corrected chi connectivity index (χ4v) is 7.80. The molecule has 0 saturated carbocycles. The van der Waals surface area contributed by atoms with Crippen LogP contribution in [0, 0.1) is 13.8 Å². The number of nitrogens with one attached hydrogen (secondary N) is 5. The first-order valence-corrected chi connectivity index (χ1v) is 21.0. The third-order valence-corrected chi connectivity index (χ3v) is 11.0. The number of ether oxygens (including phenoxy) is 2. The van der Waals surface area contributed by atoms with E-state index in [0.29, 0.717) is 88.2 Å². The van der Waals surface area contributed by atoms with Gasteiger partial charge in [-0.25, -0.2) is 5.43 Å². The van der Waals surface area contributed by atoms with E-state index in [-0.39, 0.29) is 6.23 Å². The van der Waals surface area contributed by atoms with Gasteiger partial charge in [-0.1, -0.05) is 66.2 Å².